The molecule has 0 aromatic heterocycles. The minimum atomic E-state index is -1.85. The smallest absolute Gasteiger partial charge is 0.160 e. The maximum Gasteiger partial charge on any atom is 0.160 e. The lowest BCUT2D eigenvalue weighted by Crippen LogP contribution is -2.00. The Morgan fingerprint density at radius 3 is 2.69 bits per heavy atom. The lowest BCUT2D eigenvalue weighted by molar-refractivity contribution is 0.554. The molecule has 0 spiro atoms. The van der Waals surface area contributed by atoms with E-state index in [1.54, 1.807) is 25.1 Å². The summed E-state index contributed by atoms with van der Waals surface area (Å²) >= 11 is 7.23. The highest BCUT2D eigenvalue weighted by Gasteiger charge is 2.12. The largest absolute Gasteiger partial charge is 0.306 e. The van der Waals surface area contributed by atoms with E-state index in [-0.39, 0.29) is 0 Å². The molecule has 1 N–H and O–H groups in total. The molecule has 72 valence electrons. The van der Waals surface area contributed by atoms with Gasteiger partial charge in [-0.2, -0.15) is 0 Å². The molecular formula is C8H8BrClO2S. The lowest BCUT2D eigenvalue weighted by Gasteiger charge is -2.07. The van der Waals surface area contributed by atoms with Crippen LogP contribution in [0.5, 0.6) is 0 Å². The van der Waals surface area contributed by atoms with Crippen molar-refractivity contribution in [3.8, 4) is 0 Å². The molecule has 0 aliphatic rings. The molecule has 0 amide bonds. The zero-order chi connectivity index (χ0) is 10.0. The first-order valence-corrected chi connectivity index (χ1v) is 5.91. The van der Waals surface area contributed by atoms with E-state index < -0.39 is 16.3 Å². The molecule has 0 saturated heterocycles. The quantitative estimate of drug-likeness (QED) is 0.845. The molecule has 0 radical (unpaired) electrons. The van der Waals surface area contributed by atoms with E-state index in [9.17, 15) is 4.21 Å². The molecule has 1 rings (SSSR count). The zero-order valence-electron chi connectivity index (χ0n) is 6.83. The molecule has 0 heterocycles. The van der Waals surface area contributed by atoms with E-state index in [1.165, 1.54) is 0 Å². The Morgan fingerprint density at radius 1 is 1.62 bits per heavy atom. The lowest BCUT2D eigenvalue weighted by atomic mass is 10.2. The molecule has 0 bridgehead atoms. The zero-order valence-corrected chi connectivity index (χ0v) is 9.99. The predicted molar refractivity (Wildman–Crippen MR) is 58.3 cm³/mol. The van der Waals surface area contributed by atoms with Crippen LogP contribution in [-0.2, 0) is 11.1 Å². The summed E-state index contributed by atoms with van der Waals surface area (Å²) in [6.07, 6.45) is 0. The van der Waals surface area contributed by atoms with Crippen LogP contribution in [-0.4, -0.2) is 8.76 Å². The Kier molecular flexibility index (Phi) is 3.91. The molecule has 0 aliphatic carbocycles. The summed E-state index contributed by atoms with van der Waals surface area (Å²) in [5.41, 5.74) is 0.758. The van der Waals surface area contributed by atoms with Gasteiger partial charge in [0.15, 0.2) is 11.1 Å². The minimum absolute atomic E-state index is 0.411. The Bertz CT molecular complexity index is 343. The van der Waals surface area contributed by atoms with Crippen molar-refractivity contribution in [3.05, 3.63) is 33.3 Å². The number of hydrogen-bond donors (Lipinski definition) is 1. The summed E-state index contributed by atoms with van der Waals surface area (Å²) < 4.78 is 20.4. The first kappa shape index (κ1) is 11.2. The number of benzene rings is 1. The minimum Gasteiger partial charge on any atom is -0.306 e. The number of hydrogen-bond acceptors (Lipinski definition) is 1. The molecule has 0 aliphatic heterocycles. The fraction of sp³-hybridized carbons (Fsp3) is 0.250. The van der Waals surface area contributed by atoms with Crippen molar-refractivity contribution in [3.63, 3.8) is 0 Å². The highest BCUT2D eigenvalue weighted by Crippen LogP contribution is 2.27. The van der Waals surface area contributed by atoms with E-state index in [0.717, 1.165) is 10.0 Å². The van der Waals surface area contributed by atoms with Gasteiger partial charge in [0.1, 0.15) is 0 Å². The van der Waals surface area contributed by atoms with Crippen molar-refractivity contribution in [2.75, 3.05) is 0 Å². The van der Waals surface area contributed by atoms with Crippen LogP contribution in [0.4, 0.5) is 0 Å². The van der Waals surface area contributed by atoms with Gasteiger partial charge < -0.3 is 4.55 Å². The molecule has 1 aromatic carbocycles. The van der Waals surface area contributed by atoms with Crippen LogP contribution in [0.15, 0.2) is 22.7 Å². The molecule has 0 saturated carbocycles. The fourth-order valence-corrected chi connectivity index (χ4v) is 1.70. The van der Waals surface area contributed by atoms with Crippen LogP contribution in [0.1, 0.15) is 17.7 Å². The van der Waals surface area contributed by atoms with Crippen LogP contribution < -0.4 is 0 Å². The van der Waals surface area contributed by atoms with E-state index >= 15 is 0 Å². The maximum absolute atomic E-state index is 10.8. The van der Waals surface area contributed by atoms with Gasteiger partial charge in [-0.15, -0.1) is 0 Å². The van der Waals surface area contributed by atoms with Gasteiger partial charge in [0.25, 0.3) is 0 Å². The van der Waals surface area contributed by atoms with Crippen LogP contribution >= 0.6 is 27.5 Å². The van der Waals surface area contributed by atoms with Gasteiger partial charge >= 0.3 is 0 Å². The average Bonchev–Trinajstić information content (AvgIpc) is 2.08. The van der Waals surface area contributed by atoms with Gasteiger partial charge in [-0.3, -0.25) is 0 Å². The SMILES string of the molecule is CC(c1ccc(Br)c(Cl)c1)S(=O)O. The average molecular weight is 284 g/mol. The second kappa shape index (κ2) is 4.55. The van der Waals surface area contributed by atoms with Crippen LogP contribution in [0.25, 0.3) is 0 Å². The van der Waals surface area contributed by atoms with E-state index in [0.29, 0.717) is 5.02 Å². The summed E-state index contributed by atoms with van der Waals surface area (Å²) in [6, 6.07) is 5.22. The third-order valence-electron chi connectivity index (χ3n) is 1.72. The van der Waals surface area contributed by atoms with E-state index in [1.807, 2.05) is 0 Å². The van der Waals surface area contributed by atoms with Crippen molar-refractivity contribution in [1.29, 1.82) is 0 Å². The third-order valence-corrected chi connectivity index (χ3v) is 3.83. The Balaban J connectivity index is 3.03. The molecule has 2 atom stereocenters. The topological polar surface area (TPSA) is 37.3 Å². The van der Waals surface area contributed by atoms with Gasteiger partial charge in [-0.25, -0.2) is 4.21 Å². The highest BCUT2D eigenvalue weighted by atomic mass is 79.9. The Hall–Kier alpha value is 0.1000. The summed E-state index contributed by atoms with van der Waals surface area (Å²) in [7, 11) is 0. The number of rotatable bonds is 2. The first-order chi connectivity index (χ1) is 6.02. The van der Waals surface area contributed by atoms with Gasteiger partial charge in [0.05, 0.1) is 10.3 Å². The third kappa shape index (κ3) is 2.77. The second-order valence-corrected chi connectivity index (χ2v) is 5.11. The van der Waals surface area contributed by atoms with Gasteiger partial charge in [-0.1, -0.05) is 17.7 Å². The summed E-state index contributed by atoms with van der Waals surface area (Å²) in [5, 5.41) is 0.139. The van der Waals surface area contributed by atoms with Gasteiger partial charge in [0.2, 0.25) is 0 Å². The maximum atomic E-state index is 10.8. The van der Waals surface area contributed by atoms with Crippen molar-refractivity contribution < 1.29 is 8.76 Å². The van der Waals surface area contributed by atoms with Gasteiger partial charge in [-0.05, 0) is 40.5 Å². The molecule has 13 heavy (non-hydrogen) atoms. The Morgan fingerprint density at radius 2 is 2.23 bits per heavy atom. The molecule has 1 aromatic rings. The van der Waals surface area contributed by atoms with Crippen molar-refractivity contribution >= 4 is 38.6 Å². The summed E-state index contributed by atoms with van der Waals surface area (Å²) in [5.74, 6) is 0. The Labute approximate surface area is 92.7 Å². The normalized spacial score (nSPS) is 15.4. The van der Waals surface area contributed by atoms with E-state index in [4.69, 9.17) is 16.2 Å². The van der Waals surface area contributed by atoms with Gasteiger partial charge in [0, 0.05) is 4.47 Å². The molecule has 0 fully saturated rings. The van der Waals surface area contributed by atoms with Crippen molar-refractivity contribution in [1.82, 2.24) is 0 Å². The molecule has 5 heteroatoms. The first-order valence-electron chi connectivity index (χ1n) is 3.57. The second-order valence-electron chi connectivity index (χ2n) is 2.59. The highest BCUT2D eigenvalue weighted by molar-refractivity contribution is 9.10. The molecule has 2 unspecified atom stereocenters. The monoisotopic (exact) mass is 282 g/mol. The van der Waals surface area contributed by atoms with Crippen LogP contribution in [0.3, 0.4) is 0 Å². The summed E-state index contributed by atoms with van der Waals surface area (Å²) in [4.78, 5) is 0. The van der Waals surface area contributed by atoms with Crippen molar-refractivity contribution in [2.24, 2.45) is 0 Å². The standard InChI is InChI=1S/C8H8BrClO2S/c1-5(13(11)12)6-2-3-7(9)8(10)4-6/h2-5H,1H3,(H,11,12). The van der Waals surface area contributed by atoms with Crippen molar-refractivity contribution in [2.45, 2.75) is 12.2 Å². The molecular weight excluding hydrogens is 276 g/mol. The molecule has 2 nitrogen and oxygen atoms in total. The fourth-order valence-electron chi connectivity index (χ4n) is 0.882. The number of halogens is 2. The predicted octanol–water partition coefficient (Wildman–Crippen LogP) is 3.39. The van der Waals surface area contributed by atoms with Crippen LogP contribution in [0.2, 0.25) is 5.02 Å². The van der Waals surface area contributed by atoms with Crippen LogP contribution in [0, 0.1) is 0 Å². The summed E-state index contributed by atoms with van der Waals surface area (Å²) in [6.45, 7) is 1.68. The van der Waals surface area contributed by atoms with E-state index in [2.05, 4.69) is 15.9 Å².